The molecule has 0 spiro atoms. The van der Waals surface area contributed by atoms with Crippen molar-refractivity contribution < 1.29 is 0 Å². The summed E-state index contributed by atoms with van der Waals surface area (Å²) >= 11 is 0. The van der Waals surface area contributed by atoms with Crippen LogP contribution in [0.1, 0.15) is 58.3 Å². The second-order valence-corrected chi connectivity index (χ2v) is 7.51. The Morgan fingerprint density at radius 3 is 2.45 bits per heavy atom. The van der Waals surface area contributed by atoms with Crippen LogP contribution in [0.4, 0.5) is 0 Å². The average Bonchev–Trinajstić information content (AvgIpc) is 2.98. The molecule has 4 unspecified atom stereocenters. The summed E-state index contributed by atoms with van der Waals surface area (Å²) in [5, 5.41) is 3.72. The van der Waals surface area contributed by atoms with Crippen molar-refractivity contribution in [1.29, 1.82) is 0 Å². The monoisotopic (exact) mass is 277 g/mol. The van der Waals surface area contributed by atoms with Crippen molar-refractivity contribution in [3.63, 3.8) is 0 Å². The van der Waals surface area contributed by atoms with Gasteiger partial charge in [0.2, 0.25) is 0 Å². The van der Waals surface area contributed by atoms with E-state index in [9.17, 15) is 0 Å². The van der Waals surface area contributed by atoms with Crippen LogP contribution in [0.3, 0.4) is 0 Å². The Morgan fingerprint density at radius 1 is 0.900 bits per heavy atom. The molecule has 0 amide bonds. The van der Waals surface area contributed by atoms with E-state index in [-0.39, 0.29) is 0 Å². The van der Waals surface area contributed by atoms with Gasteiger partial charge in [-0.15, -0.1) is 0 Å². The van der Waals surface area contributed by atoms with E-state index in [2.05, 4.69) is 22.0 Å². The summed E-state index contributed by atoms with van der Waals surface area (Å²) in [7, 11) is 0. The van der Waals surface area contributed by atoms with Gasteiger partial charge in [0, 0.05) is 36.8 Å². The van der Waals surface area contributed by atoms with Crippen LogP contribution in [0.15, 0.2) is 0 Å². The molecule has 0 radical (unpaired) electrons. The van der Waals surface area contributed by atoms with Gasteiger partial charge in [0.15, 0.2) is 0 Å². The average molecular weight is 277 g/mol. The maximum absolute atomic E-state index is 3.72. The molecular formula is C17H31N3. The molecule has 0 aromatic rings. The second kappa shape index (κ2) is 5.58. The number of hydrogen-bond acceptors (Lipinski definition) is 3. The fraction of sp³-hybridized carbons (Fsp3) is 1.00. The lowest BCUT2D eigenvalue weighted by molar-refractivity contribution is 0.0405. The van der Waals surface area contributed by atoms with Gasteiger partial charge in [-0.05, 0) is 58.0 Å². The number of rotatable bonds is 3. The fourth-order valence-corrected chi connectivity index (χ4v) is 5.78. The number of nitrogens with one attached hydrogen (secondary N) is 1. The van der Waals surface area contributed by atoms with Crippen molar-refractivity contribution in [2.24, 2.45) is 0 Å². The van der Waals surface area contributed by atoms with Gasteiger partial charge in [-0.3, -0.25) is 9.80 Å². The molecule has 4 fully saturated rings. The van der Waals surface area contributed by atoms with Crippen molar-refractivity contribution in [2.45, 2.75) is 88.5 Å². The summed E-state index contributed by atoms with van der Waals surface area (Å²) in [6.45, 7) is 6.15. The van der Waals surface area contributed by atoms with E-state index in [1.54, 1.807) is 0 Å². The molecule has 3 nitrogen and oxygen atoms in total. The molecule has 0 aromatic carbocycles. The summed E-state index contributed by atoms with van der Waals surface area (Å²) in [5.41, 5.74) is 0. The van der Waals surface area contributed by atoms with Crippen molar-refractivity contribution in [3.05, 3.63) is 0 Å². The van der Waals surface area contributed by atoms with E-state index in [0.717, 1.165) is 36.8 Å². The maximum Gasteiger partial charge on any atom is 0.0269 e. The normalized spacial score (nSPS) is 45.8. The molecule has 114 valence electrons. The van der Waals surface area contributed by atoms with Crippen LogP contribution in [-0.4, -0.2) is 59.6 Å². The van der Waals surface area contributed by atoms with Gasteiger partial charge in [-0.25, -0.2) is 0 Å². The summed E-state index contributed by atoms with van der Waals surface area (Å²) in [5.74, 6) is 0. The minimum atomic E-state index is 0.803. The van der Waals surface area contributed by atoms with Gasteiger partial charge >= 0.3 is 0 Å². The van der Waals surface area contributed by atoms with Gasteiger partial charge < -0.3 is 5.32 Å². The molecule has 2 bridgehead atoms. The molecule has 20 heavy (non-hydrogen) atoms. The molecule has 3 heteroatoms. The molecule has 4 rings (SSSR count). The number of hydrogen-bond donors (Lipinski definition) is 1. The van der Waals surface area contributed by atoms with Crippen LogP contribution in [0.2, 0.25) is 0 Å². The van der Waals surface area contributed by atoms with Gasteiger partial charge in [0.25, 0.3) is 0 Å². The van der Waals surface area contributed by atoms with Crippen molar-refractivity contribution in [1.82, 2.24) is 15.1 Å². The Morgan fingerprint density at radius 2 is 1.70 bits per heavy atom. The molecule has 4 aliphatic heterocycles. The summed E-state index contributed by atoms with van der Waals surface area (Å²) in [4.78, 5) is 5.81. The lowest BCUT2D eigenvalue weighted by atomic mass is 9.91. The van der Waals surface area contributed by atoms with Crippen LogP contribution in [-0.2, 0) is 0 Å². The van der Waals surface area contributed by atoms with Gasteiger partial charge in [-0.2, -0.15) is 0 Å². The molecule has 4 atom stereocenters. The molecule has 4 saturated heterocycles. The second-order valence-electron chi connectivity index (χ2n) is 7.51. The first-order valence-electron chi connectivity index (χ1n) is 9.11. The SMILES string of the molecule is CCNC1CC2CCC(C1)N2C1CCN2CCCCC12. The summed E-state index contributed by atoms with van der Waals surface area (Å²) < 4.78 is 0. The van der Waals surface area contributed by atoms with E-state index < -0.39 is 0 Å². The standard InChI is InChI=1S/C17H31N3/c1-2-18-13-11-14-6-7-15(12-13)20(14)17-8-10-19-9-4-3-5-16(17)19/h13-18H,2-12H2,1H3. The smallest absolute Gasteiger partial charge is 0.0269 e. The maximum atomic E-state index is 3.72. The Hall–Kier alpha value is -0.120. The number of nitrogens with zero attached hydrogens (tertiary/aromatic N) is 2. The Labute approximate surface area is 124 Å². The lowest BCUT2D eigenvalue weighted by Gasteiger charge is -2.46. The highest BCUT2D eigenvalue weighted by atomic mass is 15.3. The molecule has 0 aliphatic carbocycles. The predicted molar refractivity (Wildman–Crippen MR) is 83.0 cm³/mol. The third-order valence-electron chi connectivity index (χ3n) is 6.49. The van der Waals surface area contributed by atoms with Crippen LogP contribution < -0.4 is 5.32 Å². The lowest BCUT2D eigenvalue weighted by Crippen LogP contribution is -2.56. The first kappa shape index (κ1) is 13.5. The van der Waals surface area contributed by atoms with Gasteiger partial charge in [-0.1, -0.05) is 13.3 Å². The van der Waals surface area contributed by atoms with Crippen molar-refractivity contribution >= 4 is 0 Å². The highest BCUT2D eigenvalue weighted by molar-refractivity contribution is 5.05. The van der Waals surface area contributed by atoms with E-state index >= 15 is 0 Å². The topological polar surface area (TPSA) is 18.5 Å². The minimum absolute atomic E-state index is 0.803. The van der Waals surface area contributed by atoms with Crippen molar-refractivity contribution in [3.8, 4) is 0 Å². The Bertz CT molecular complexity index is 331. The van der Waals surface area contributed by atoms with Gasteiger partial charge in [0.1, 0.15) is 0 Å². The fourth-order valence-electron chi connectivity index (χ4n) is 5.78. The Kier molecular flexibility index (Phi) is 3.78. The highest BCUT2D eigenvalue weighted by Crippen LogP contribution is 2.42. The van der Waals surface area contributed by atoms with E-state index in [1.807, 2.05) is 0 Å². The number of fused-ring (bicyclic) bond motifs is 3. The highest BCUT2D eigenvalue weighted by Gasteiger charge is 2.48. The zero-order chi connectivity index (χ0) is 13.5. The molecule has 1 N–H and O–H groups in total. The van der Waals surface area contributed by atoms with Crippen LogP contribution in [0.5, 0.6) is 0 Å². The quantitative estimate of drug-likeness (QED) is 0.853. The molecule has 4 heterocycles. The minimum Gasteiger partial charge on any atom is -0.314 e. The third kappa shape index (κ3) is 2.22. The predicted octanol–water partition coefficient (Wildman–Crippen LogP) is 2.22. The van der Waals surface area contributed by atoms with E-state index in [4.69, 9.17) is 0 Å². The van der Waals surface area contributed by atoms with E-state index in [0.29, 0.717) is 0 Å². The van der Waals surface area contributed by atoms with Crippen LogP contribution >= 0.6 is 0 Å². The van der Waals surface area contributed by atoms with E-state index in [1.165, 1.54) is 64.5 Å². The zero-order valence-electron chi connectivity index (χ0n) is 13.1. The summed E-state index contributed by atoms with van der Waals surface area (Å²) in [6, 6.07) is 4.39. The largest absolute Gasteiger partial charge is 0.314 e. The van der Waals surface area contributed by atoms with Crippen LogP contribution in [0.25, 0.3) is 0 Å². The molecule has 4 aliphatic rings. The summed E-state index contributed by atoms with van der Waals surface area (Å²) in [6.07, 6.45) is 11.6. The molecule has 0 aromatic heterocycles. The molecule has 0 saturated carbocycles. The third-order valence-corrected chi connectivity index (χ3v) is 6.49. The first-order valence-corrected chi connectivity index (χ1v) is 9.11. The van der Waals surface area contributed by atoms with Gasteiger partial charge in [0.05, 0.1) is 0 Å². The first-order chi connectivity index (χ1) is 9.86. The zero-order valence-corrected chi connectivity index (χ0v) is 13.1. The van der Waals surface area contributed by atoms with Crippen molar-refractivity contribution in [2.75, 3.05) is 19.6 Å². The Balaban J connectivity index is 1.47. The number of piperidine rings is 2. The van der Waals surface area contributed by atoms with Crippen LogP contribution in [0, 0.1) is 0 Å². The molecular weight excluding hydrogens is 246 g/mol.